The summed E-state index contributed by atoms with van der Waals surface area (Å²) >= 11 is 0. The predicted molar refractivity (Wildman–Crippen MR) is 106 cm³/mol. The van der Waals surface area contributed by atoms with E-state index in [1.54, 1.807) is 0 Å². The molecule has 0 spiro atoms. The van der Waals surface area contributed by atoms with E-state index in [0.29, 0.717) is 6.42 Å². The number of benzene rings is 2. The van der Waals surface area contributed by atoms with Gasteiger partial charge in [0.1, 0.15) is 0 Å². The highest BCUT2D eigenvalue weighted by molar-refractivity contribution is 5.75. The van der Waals surface area contributed by atoms with Gasteiger partial charge in [0, 0.05) is 6.42 Å². The molecule has 9 N–H and O–H groups in total. The van der Waals surface area contributed by atoms with Crippen molar-refractivity contribution in [2.75, 3.05) is 7.11 Å². The van der Waals surface area contributed by atoms with Crippen LogP contribution in [0.5, 0.6) is 0 Å². The van der Waals surface area contributed by atoms with E-state index in [2.05, 4.69) is 5.48 Å². The quantitative estimate of drug-likeness (QED) is 0.332. The van der Waals surface area contributed by atoms with Crippen LogP contribution < -0.4 is 28.4 Å². The molecule has 0 saturated heterocycles. The Labute approximate surface area is 160 Å². The standard InChI is InChI=1S/C20H29N5O2/c1-27-25-18(26)12-16(15-3-2-4-17(11-15)20(23)24)10-7-13-5-8-14(9-6-13)19(21)22/h2-6,8-9,11,16,19-20H,7,10,12,21-24H2,1H3,(H,25,26). The molecule has 0 aliphatic heterocycles. The second-order valence-corrected chi connectivity index (χ2v) is 6.63. The molecule has 1 unspecified atom stereocenters. The molecule has 0 aromatic heterocycles. The number of amides is 1. The fourth-order valence-electron chi connectivity index (χ4n) is 3.03. The van der Waals surface area contributed by atoms with Crippen molar-refractivity contribution in [3.05, 3.63) is 70.8 Å². The third kappa shape index (κ3) is 6.42. The molecule has 1 atom stereocenters. The second-order valence-electron chi connectivity index (χ2n) is 6.63. The highest BCUT2D eigenvalue weighted by Gasteiger charge is 2.17. The van der Waals surface area contributed by atoms with Crippen molar-refractivity contribution in [2.24, 2.45) is 22.9 Å². The topological polar surface area (TPSA) is 142 Å². The molecule has 0 saturated carbocycles. The third-order valence-electron chi connectivity index (χ3n) is 4.56. The Morgan fingerprint density at radius 1 is 0.963 bits per heavy atom. The van der Waals surface area contributed by atoms with Crippen molar-refractivity contribution in [1.82, 2.24) is 5.48 Å². The molecule has 146 valence electrons. The van der Waals surface area contributed by atoms with Crippen LogP contribution in [-0.4, -0.2) is 13.0 Å². The van der Waals surface area contributed by atoms with Crippen molar-refractivity contribution in [1.29, 1.82) is 0 Å². The van der Waals surface area contributed by atoms with Gasteiger partial charge < -0.3 is 22.9 Å². The first-order valence-corrected chi connectivity index (χ1v) is 8.93. The molecular formula is C20H29N5O2. The SMILES string of the molecule is CONC(=O)CC(CCc1ccc(C(N)N)cc1)c1cccc(C(N)N)c1. The molecule has 0 bridgehead atoms. The zero-order valence-corrected chi connectivity index (χ0v) is 15.6. The summed E-state index contributed by atoms with van der Waals surface area (Å²) in [5, 5.41) is 0. The van der Waals surface area contributed by atoms with E-state index in [0.717, 1.165) is 35.1 Å². The number of nitrogens with two attached hydrogens (primary N) is 4. The molecule has 0 radical (unpaired) electrons. The van der Waals surface area contributed by atoms with Gasteiger partial charge in [-0.15, -0.1) is 0 Å². The average Bonchev–Trinajstić information content (AvgIpc) is 2.65. The summed E-state index contributed by atoms with van der Waals surface area (Å²) in [4.78, 5) is 16.8. The van der Waals surface area contributed by atoms with Gasteiger partial charge in [-0.1, -0.05) is 48.5 Å². The first-order valence-electron chi connectivity index (χ1n) is 8.93. The average molecular weight is 371 g/mol. The van der Waals surface area contributed by atoms with Gasteiger partial charge in [-0.2, -0.15) is 0 Å². The minimum absolute atomic E-state index is 0.00953. The molecule has 0 aliphatic rings. The monoisotopic (exact) mass is 371 g/mol. The van der Waals surface area contributed by atoms with Crippen LogP contribution in [0.15, 0.2) is 48.5 Å². The summed E-state index contributed by atoms with van der Waals surface area (Å²) in [6, 6.07) is 15.6. The Balaban J connectivity index is 2.14. The lowest BCUT2D eigenvalue weighted by molar-refractivity contribution is -0.131. The van der Waals surface area contributed by atoms with Crippen molar-refractivity contribution < 1.29 is 9.63 Å². The fraction of sp³-hybridized carbons (Fsp3) is 0.350. The van der Waals surface area contributed by atoms with Gasteiger partial charge >= 0.3 is 0 Å². The summed E-state index contributed by atoms with van der Waals surface area (Å²) in [5.41, 5.74) is 29.3. The molecular weight excluding hydrogens is 342 g/mol. The Kier molecular flexibility index (Phi) is 7.90. The minimum Gasteiger partial charge on any atom is -0.312 e. The zero-order valence-electron chi connectivity index (χ0n) is 15.6. The molecule has 1 amide bonds. The Bertz CT molecular complexity index is 731. The van der Waals surface area contributed by atoms with E-state index >= 15 is 0 Å². The van der Waals surface area contributed by atoms with Gasteiger partial charge in [-0.05, 0) is 41.0 Å². The molecule has 2 aromatic rings. The molecule has 0 fully saturated rings. The van der Waals surface area contributed by atoms with E-state index in [1.165, 1.54) is 7.11 Å². The van der Waals surface area contributed by atoms with Gasteiger partial charge in [-0.25, -0.2) is 5.48 Å². The van der Waals surface area contributed by atoms with Crippen LogP contribution in [0.4, 0.5) is 0 Å². The minimum atomic E-state index is -0.550. The smallest absolute Gasteiger partial charge is 0.244 e. The summed E-state index contributed by atoms with van der Waals surface area (Å²) in [6.45, 7) is 0. The first-order chi connectivity index (χ1) is 12.9. The van der Waals surface area contributed by atoms with Gasteiger partial charge in [0.2, 0.25) is 5.91 Å². The van der Waals surface area contributed by atoms with Crippen LogP contribution in [-0.2, 0) is 16.1 Å². The Morgan fingerprint density at radius 2 is 1.59 bits per heavy atom. The molecule has 0 heterocycles. The number of hydrogen-bond donors (Lipinski definition) is 5. The largest absolute Gasteiger partial charge is 0.312 e. The maximum atomic E-state index is 12.1. The van der Waals surface area contributed by atoms with Crippen molar-refractivity contribution in [2.45, 2.75) is 37.5 Å². The first kappa shape index (κ1) is 21.0. The number of aryl methyl sites for hydroxylation is 1. The number of carbonyl (C=O) groups is 1. The number of carbonyl (C=O) groups excluding carboxylic acids is 1. The molecule has 2 aromatic carbocycles. The van der Waals surface area contributed by atoms with Gasteiger partial charge in [0.15, 0.2) is 0 Å². The summed E-state index contributed by atoms with van der Waals surface area (Å²) in [7, 11) is 1.42. The van der Waals surface area contributed by atoms with Crippen LogP contribution in [0.25, 0.3) is 0 Å². The second kappa shape index (κ2) is 10.1. The van der Waals surface area contributed by atoms with Crippen molar-refractivity contribution in [3.8, 4) is 0 Å². The van der Waals surface area contributed by atoms with Gasteiger partial charge in [0.05, 0.1) is 19.4 Å². The van der Waals surface area contributed by atoms with Crippen LogP contribution in [0.3, 0.4) is 0 Å². The zero-order chi connectivity index (χ0) is 19.8. The predicted octanol–water partition coefficient (Wildman–Crippen LogP) is 1.30. The van der Waals surface area contributed by atoms with Gasteiger partial charge in [0.25, 0.3) is 0 Å². The molecule has 0 aliphatic carbocycles. The maximum absolute atomic E-state index is 12.1. The number of rotatable bonds is 9. The summed E-state index contributed by atoms with van der Waals surface area (Å²) in [5.74, 6) is -0.162. The maximum Gasteiger partial charge on any atom is 0.244 e. The lowest BCUT2D eigenvalue weighted by Gasteiger charge is -2.19. The number of hydroxylamine groups is 1. The summed E-state index contributed by atoms with van der Waals surface area (Å²) < 4.78 is 0. The van der Waals surface area contributed by atoms with E-state index in [9.17, 15) is 4.79 Å². The lowest BCUT2D eigenvalue weighted by Crippen LogP contribution is -2.24. The van der Waals surface area contributed by atoms with E-state index in [-0.39, 0.29) is 11.8 Å². The third-order valence-corrected chi connectivity index (χ3v) is 4.56. The number of hydrogen-bond acceptors (Lipinski definition) is 6. The fourth-order valence-corrected chi connectivity index (χ4v) is 3.03. The van der Waals surface area contributed by atoms with Gasteiger partial charge in [-0.3, -0.25) is 9.63 Å². The van der Waals surface area contributed by atoms with E-state index in [1.807, 2.05) is 48.5 Å². The Morgan fingerprint density at radius 3 is 2.19 bits per heavy atom. The van der Waals surface area contributed by atoms with Crippen LogP contribution in [0.1, 0.15) is 53.3 Å². The normalized spacial score (nSPS) is 12.4. The van der Waals surface area contributed by atoms with Crippen molar-refractivity contribution in [3.63, 3.8) is 0 Å². The molecule has 27 heavy (non-hydrogen) atoms. The van der Waals surface area contributed by atoms with Crippen LogP contribution >= 0.6 is 0 Å². The summed E-state index contributed by atoms with van der Waals surface area (Å²) in [6.07, 6.45) is 0.875. The van der Waals surface area contributed by atoms with Crippen molar-refractivity contribution >= 4 is 5.91 Å². The number of nitrogens with one attached hydrogen (secondary N) is 1. The van der Waals surface area contributed by atoms with E-state index < -0.39 is 12.3 Å². The molecule has 7 nitrogen and oxygen atoms in total. The Hall–Kier alpha value is -2.29. The lowest BCUT2D eigenvalue weighted by atomic mass is 9.88. The molecule has 2 rings (SSSR count). The molecule has 7 heteroatoms. The highest BCUT2D eigenvalue weighted by atomic mass is 16.6. The van der Waals surface area contributed by atoms with E-state index in [4.69, 9.17) is 27.8 Å². The highest BCUT2D eigenvalue weighted by Crippen LogP contribution is 2.27. The van der Waals surface area contributed by atoms with Crippen LogP contribution in [0.2, 0.25) is 0 Å². The van der Waals surface area contributed by atoms with Crippen LogP contribution in [0, 0.1) is 0 Å².